The normalized spacial score (nSPS) is 17.0. The van der Waals surface area contributed by atoms with Crippen LogP contribution in [-0.4, -0.2) is 60.7 Å². The lowest BCUT2D eigenvalue weighted by Crippen LogP contribution is -2.21. The van der Waals surface area contributed by atoms with E-state index < -0.39 is 9.84 Å². The molecule has 0 saturated carbocycles. The van der Waals surface area contributed by atoms with E-state index in [0.717, 1.165) is 10.9 Å². The number of fused-ring (bicyclic) bond motifs is 1. The van der Waals surface area contributed by atoms with Crippen molar-refractivity contribution in [2.75, 3.05) is 25.5 Å². The fourth-order valence-corrected chi connectivity index (χ4v) is 5.06. The summed E-state index contributed by atoms with van der Waals surface area (Å²) in [6.45, 7) is 0.489. The molecule has 178 valence electrons. The van der Waals surface area contributed by atoms with Crippen molar-refractivity contribution in [1.82, 2.24) is 14.9 Å². The van der Waals surface area contributed by atoms with Gasteiger partial charge in [0.1, 0.15) is 18.2 Å². The highest BCUT2D eigenvalue weighted by Crippen LogP contribution is 2.29. The van der Waals surface area contributed by atoms with E-state index in [4.69, 9.17) is 4.74 Å². The van der Waals surface area contributed by atoms with Gasteiger partial charge in [-0.1, -0.05) is 18.2 Å². The second-order valence-electron chi connectivity index (χ2n) is 8.09. The van der Waals surface area contributed by atoms with E-state index in [9.17, 15) is 13.5 Å². The SMILES string of the molecule is CN1CC(CO)O/C1=N\c1ccc2ncnc(Nc3ccc(S(=O)(=O)c4ccccc4)cc3)c2c1. The van der Waals surface area contributed by atoms with Gasteiger partial charge in [-0.15, -0.1) is 0 Å². The smallest absolute Gasteiger partial charge is 0.292 e. The standard InChI is InChI=1S/C25H23N5O4S/c1-30-14-19(15-31)34-25(30)29-18-9-12-23-22(13-18)24(27-16-26-23)28-17-7-10-21(11-8-17)35(32,33)20-5-3-2-4-6-20/h2-13,16,19,31H,14-15H2,1H3,(H,26,27,28)/b29-25-. The molecule has 4 aromatic rings. The highest BCUT2D eigenvalue weighted by molar-refractivity contribution is 7.91. The van der Waals surface area contributed by atoms with Crippen LogP contribution in [0, 0.1) is 0 Å². The predicted molar refractivity (Wildman–Crippen MR) is 133 cm³/mol. The summed E-state index contributed by atoms with van der Waals surface area (Å²) < 4.78 is 31.3. The third-order valence-corrected chi connectivity index (χ3v) is 7.39. The van der Waals surface area contributed by atoms with Crippen LogP contribution < -0.4 is 5.32 Å². The minimum absolute atomic E-state index is 0.0750. The lowest BCUT2D eigenvalue weighted by molar-refractivity contribution is 0.132. The Morgan fingerprint density at radius 1 is 1.06 bits per heavy atom. The first-order valence-corrected chi connectivity index (χ1v) is 12.4. The summed E-state index contributed by atoms with van der Waals surface area (Å²) in [4.78, 5) is 15.6. The molecule has 1 saturated heterocycles. The van der Waals surface area contributed by atoms with Crippen LogP contribution in [0.3, 0.4) is 0 Å². The molecule has 3 aromatic carbocycles. The molecule has 1 aromatic heterocycles. The van der Waals surface area contributed by atoms with E-state index in [1.54, 1.807) is 54.6 Å². The Bertz CT molecular complexity index is 1490. The number of nitrogens with one attached hydrogen (secondary N) is 1. The number of benzene rings is 3. The molecule has 0 radical (unpaired) electrons. The van der Waals surface area contributed by atoms with Gasteiger partial charge in [0.25, 0.3) is 6.02 Å². The monoisotopic (exact) mass is 489 g/mol. The highest BCUT2D eigenvalue weighted by Gasteiger charge is 2.26. The number of aromatic nitrogens is 2. The van der Waals surface area contributed by atoms with Gasteiger partial charge in [-0.05, 0) is 54.6 Å². The first-order valence-electron chi connectivity index (χ1n) is 10.9. The summed E-state index contributed by atoms with van der Waals surface area (Å²) in [5.74, 6) is 0.560. The number of hydrogen-bond donors (Lipinski definition) is 2. The third kappa shape index (κ3) is 4.66. The van der Waals surface area contributed by atoms with E-state index in [1.165, 1.54) is 6.33 Å². The molecule has 1 aliphatic heterocycles. The number of ether oxygens (including phenoxy) is 1. The first-order chi connectivity index (χ1) is 16.9. The van der Waals surface area contributed by atoms with Gasteiger partial charge in [0.05, 0.1) is 34.1 Å². The maximum absolute atomic E-state index is 12.8. The third-order valence-electron chi connectivity index (χ3n) is 5.60. The number of amidine groups is 1. The lowest BCUT2D eigenvalue weighted by Gasteiger charge is -2.11. The van der Waals surface area contributed by atoms with Gasteiger partial charge in [-0.2, -0.15) is 4.99 Å². The summed E-state index contributed by atoms with van der Waals surface area (Å²) in [6.07, 6.45) is 1.16. The molecule has 35 heavy (non-hydrogen) atoms. The van der Waals surface area contributed by atoms with Gasteiger partial charge in [0, 0.05) is 18.1 Å². The molecular weight excluding hydrogens is 466 g/mol. The summed E-state index contributed by atoms with van der Waals surface area (Å²) in [7, 11) is -1.74. The minimum atomic E-state index is -3.59. The van der Waals surface area contributed by atoms with E-state index in [-0.39, 0.29) is 22.5 Å². The van der Waals surface area contributed by atoms with Crippen LogP contribution in [0.25, 0.3) is 10.9 Å². The number of rotatable bonds is 6. The topological polar surface area (TPSA) is 117 Å². The zero-order chi connectivity index (χ0) is 24.4. The van der Waals surface area contributed by atoms with E-state index in [0.29, 0.717) is 29.8 Å². The van der Waals surface area contributed by atoms with Crippen molar-refractivity contribution in [3.8, 4) is 0 Å². The second-order valence-corrected chi connectivity index (χ2v) is 10.0. The second kappa shape index (κ2) is 9.32. The Morgan fingerprint density at radius 2 is 1.80 bits per heavy atom. The number of aliphatic imine (C=N–C) groups is 1. The molecule has 0 spiro atoms. The minimum Gasteiger partial charge on any atom is -0.457 e. The Morgan fingerprint density at radius 3 is 2.51 bits per heavy atom. The van der Waals surface area contributed by atoms with Crippen molar-refractivity contribution in [2.24, 2.45) is 4.99 Å². The molecule has 1 aliphatic rings. The number of anilines is 2. The van der Waals surface area contributed by atoms with Gasteiger partial charge in [0.2, 0.25) is 9.84 Å². The average molecular weight is 490 g/mol. The van der Waals surface area contributed by atoms with Crippen molar-refractivity contribution in [2.45, 2.75) is 15.9 Å². The Balaban J connectivity index is 1.42. The van der Waals surface area contributed by atoms with Crippen LogP contribution in [-0.2, 0) is 14.6 Å². The predicted octanol–water partition coefficient (Wildman–Crippen LogP) is 3.52. The number of aliphatic hydroxyl groups excluding tert-OH is 1. The molecule has 9 nitrogen and oxygen atoms in total. The number of nitrogens with zero attached hydrogens (tertiary/aromatic N) is 4. The molecule has 2 heterocycles. The number of sulfone groups is 1. The first kappa shape index (κ1) is 22.8. The van der Waals surface area contributed by atoms with Gasteiger partial charge in [0.15, 0.2) is 0 Å². The maximum atomic E-state index is 12.8. The van der Waals surface area contributed by atoms with Crippen LogP contribution in [0.1, 0.15) is 0 Å². The summed E-state index contributed by atoms with van der Waals surface area (Å²) in [5.41, 5.74) is 2.06. The lowest BCUT2D eigenvalue weighted by atomic mass is 10.2. The van der Waals surface area contributed by atoms with Crippen LogP contribution in [0.5, 0.6) is 0 Å². The fourth-order valence-electron chi connectivity index (χ4n) is 3.78. The molecule has 2 N–H and O–H groups in total. The quantitative estimate of drug-likeness (QED) is 0.423. The van der Waals surface area contributed by atoms with E-state index in [2.05, 4.69) is 20.3 Å². The highest BCUT2D eigenvalue weighted by atomic mass is 32.2. The molecule has 0 bridgehead atoms. The maximum Gasteiger partial charge on any atom is 0.292 e. The summed E-state index contributed by atoms with van der Waals surface area (Å²) >= 11 is 0. The number of aliphatic hydroxyl groups is 1. The van der Waals surface area contributed by atoms with Crippen LogP contribution in [0.15, 0.2) is 93.9 Å². The van der Waals surface area contributed by atoms with Crippen molar-refractivity contribution >= 4 is 44.0 Å². The van der Waals surface area contributed by atoms with Gasteiger partial charge in [-0.3, -0.25) is 0 Å². The average Bonchev–Trinajstić information content (AvgIpc) is 3.24. The number of likely N-dealkylation sites (N-methyl/N-ethyl adjacent to an activating group) is 1. The summed E-state index contributed by atoms with van der Waals surface area (Å²) in [6, 6.07) is 20.8. The molecule has 0 aliphatic carbocycles. The molecular formula is C25H23N5O4S. The fraction of sp³-hybridized carbons (Fsp3) is 0.160. The molecule has 1 fully saturated rings. The van der Waals surface area contributed by atoms with Crippen LogP contribution in [0.2, 0.25) is 0 Å². The molecule has 1 unspecified atom stereocenters. The Labute approximate surface area is 202 Å². The van der Waals surface area contributed by atoms with E-state index in [1.807, 2.05) is 30.1 Å². The van der Waals surface area contributed by atoms with Gasteiger partial charge < -0.3 is 20.1 Å². The molecule has 1 atom stereocenters. The van der Waals surface area contributed by atoms with Crippen LogP contribution in [0.4, 0.5) is 17.2 Å². The zero-order valence-corrected chi connectivity index (χ0v) is 19.7. The zero-order valence-electron chi connectivity index (χ0n) is 18.9. The van der Waals surface area contributed by atoms with Crippen LogP contribution >= 0.6 is 0 Å². The van der Waals surface area contributed by atoms with E-state index >= 15 is 0 Å². The summed E-state index contributed by atoms with van der Waals surface area (Å²) in [5, 5.41) is 13.3. The Kier molecular flexibility index (Phi) is 6.06. The van der Waals surface area contributed by atoms with Gasteiger partial charge >= 0.3 is 0 Å². The molecule has 10 heteroatoms. The molecule has 0 amide bonds. The number of hydrogen-bond acceptors (Lipinski definition) is 8. The van der Waals surface area contributed by atoms with Crippen molar-refractivity contribution < 1.29 is 18.3 Å². The van der Waals surface area contributed by atoms with Crippen molar-refractivity contribution in [1.29, 1.82) is 0 Å². The van der Waals surface area contributed by atoms with Crippen molar-refractivity contribution in [3.63, 3.8) is 0 Å². The Hall–Kier alpha value is -4.02. The molecule has 5 rings (SSSR count). The largest absolute Gasteiger partial charge is 0.457 e. The van der Waals surface area contributed by atoms with Crippen molar-refractivity contribution in [3.05, 3.63) is 79.1 Å². The van der Waals surface area contributed by atoms with Gasteiger partial charge in [-0.25, -0.2) is 18.4 Å².